The highest BCUT2D eigenvalue weighted by Crippen LogP contribution is 2.57. The lowest BCUT2D eigenvalue weighted by Gasteiger charge is -2.44. The number of halogens is 2. The van der Waals surface area contributed by atoms with E-state index >= 15 is 0 Å². The molecule has 15 nitrogen and oxygen atoms in total. The average Bonchev–Trinajstić information content (AvgIpc) is 3.82. The first kappa shape index (κ1) is 42.5. The Hall–Kier alpha value is -3.85. The molecule has 20 heteroatoms. The minimum atomic E-state index is -3.16. The van der Waals surface area contributed by atoms with Crippen molar-refractivity contribution in [3.05, 3.63) is 48.8 Å². The second-order valence-corrected chi connectivity index (χ2v) is 23.7. The Morgan fingerprint density at radius 1 is 0.656 bits per heavy atom. The highest BCUT2D eigenvalue weighted by molar-refractivity contribution is 7.88. The monoisotopic (exact) mass is 900 g/mol. The number of hydrogen-bond donors (Lipinski definition) is 2. The van der Waals surface area contributed by atoms with E-state index < -0.39 is 36.8 Å². The van der Waals surface area contributed by atoms with Crippen molar-refractivity contribution in [2.75, 3.05) is 96.8 Å². The molecule has 7 heterocycles. The maximum atomic E-state index is 13.5. The molecule has 0 amide bonds. The first-order chi connectivity index (χ1) is 28.9. The lowest BCUT2D eigenvalue weighted by molar-refractivity contribution is -0.152. The summed E-state index contributed by atoms with van der Waals surface area (Å²) < 4.78 is 88.5. The van der Waals surface area contributed by atoms with Gasteiger partial charge in [-0.1, -0.05) is 24.3 Å². The van der Waals surface area contributed by atoms with Crippen LogP contribution < -0.4 is 20.4 Å². The van der Waals surface area contributed by atoms with Gasteiger partial charge in [-0.15, -0.1) is 0 Å². The predicted octanol–water partition coefficient (Wildman–Crippen LogP) is 4.52. The molecule has 2 N–H and O–H groups in total. The number of hydrogen-bond acceptors (Lipinski definition) is 13. The van der Waals surface area contributed by atoms with Crippen LogP contribution in [0.25, 0.3) is 21.8 Å². The molecule has 2 aromatic heterocycles. The second-order valence-electron chi connectivity index (χ2n) is 18.3. The van der Waals surface area contributed by atoms with Crippen molar-refractivity contribution in [2.24, 2.45) is 10.8 Å². The van der Waals surface area contributed by atoms with Gasteiger partial charge in [0.25, 0.3) is 0 Å². The van der Waals surface area contributed by atoms with Gasteiger partial charge < -0.3 is 20.4 Å². The molecule has 61 heavy (non-hydrogen) atoms. The standard InChI is InChI=1S/C21H27F2N5O2S.C20H27N5O3S2/c1-31(29,30)28-8-5-16(6-9-28)25-19-24-11-15-3-2-4-17(18(15)26-19)27-10-7-20(14-27)12-21(22,23)13-20;1-30(27,28)25-8-5-16(6-9-25)22-19-21-11-15-3-2-4-17(18(15)23-19)24-10-7-20(12-24)13-29(26)14-20/h2-4,11,16H,5-10,12-14H2,1H3,(H,24,25,26);2-4,11,16H,5-10,12-14H2,1H3,(H,21,22,23). The van der Waals surface area contributed by atoms with Crippen LogP contribution in [0.1, 0.15) is 51.4 Å². The largest absolute Gasteiger partial charge is 0.369 e. The van der Waals surface area contributed by atoms with E-state index in [1.54, 1.807) is 6.20 Å². The molecule has 330 valence electrons. The molecule has 6 fully saturated rings. The molecule has 6 aliphatic rings. The fourth-order valence-electron chi connectivity index (χ4n) is 10.3. The molecule has 1 saturated carbocycles. The van der Waals surface area contributed by atoms with Crippen LogP contribution in [-0.2, 0) is 30.8 Å². The lowest BCUT2D eigenvalue weighted by atomic mass is 9.65. The summed E-state index contributed by atoms with van der Waals surface area (Å²) in [6.07, 6.45) is 10.8. The number of fused-ring (bicyclic) bond motifs is 2. The van der Waals surface area contributed by atoms with Crippen molar-refractivity contribution >= 4 is 75.9 Å². The molecule has 5 aliphatic heterocycles. The van der Waals surface area contributed by atoms with Crippen LogP contribution in [0.15, 0.2) is 48.8 Å². The number of aromatic nitrogens is 4. The number of sulfonamides is 2. The molecule has 0 radical (unpaired) electrons. The highest BCUT2D eigenvalue weighted by atomic mass is 32.2. The third-order valence-electron chi connectivity index (χ3n) is 13.5. The van der Waals surface area contributed by atoms with Crippen LogP contribution in [-0.4, -0.2) is 144 Å². The van der Waals surface area contributed by atoms with E-state index in [9.17, 15) is 29.8 Å². The number of alkyl halides is 2. The Morgan fingerprint density at radius 3 is 1.49 bits per heavy atom. The molecule has 1 aliphatic carbocycles. The molecule has 10 rings (SSSR count). The van der Waals surface area contributed by atoms with E-state index in [1.165, 1.54) is 21.1 Å². The smallest absolute Gasteiger partial charge is 0.249 e. The summed E-state index contributed by atoms with van der Waals surface area (Å²) in [6, 6.07) is 12.3. The summed E-state index contributed by atoms with van der Waals surface area (Å²) in [5, 5.41) is 8.67. The van der Waals surface area contributed by atoms with Crippen LogP contribution in [0.4, 0.5) is 32.1 Å². The van der Waals surface area contributed by atoms with Gasteiger partial charge in [-0.25, -0.2) is 54.2 Å². The van der Waals surface area contributed by atoms with Gasteiger partial charge in [-0.05, 0) is 50.7 Å². The second kappa shape index (κ2) is 16.1. The Balaban J connectivity index is 0.000000156. The Kier molecular flexibility index (Phi) is 11.2. The van der Waals surface area contributed by atoms with Crippen molar-refractivity contribution in [1.82, 2.24) is 28.5 Å². The topological polar surface area (TPSA) is 174 Å². The SMILES string of the molecule is CS(=O)(=O)N1CCC(Nc2ncc3cccc(N4CCC5(C4)CC(F)(F)C5)c3n2)CC1.CS(=O)(=O)N1CCC(Nc2ncc3cccc(N4CCC5(C4)CS(=O)C5)c3n2)CC1. The number of benzene rings is 2. The third-order valence-corrected chi connectivity index (χ3v) is 17.9. The zero-order valence-electron chi connectivity index (χ0n) is 34.6. The molecule has 5 saturated heterocycles. The van der Waals surface area contributed by atoms with E-state index in [1.807, 2.05) is 36.5 Å². The summed E-state index contributed by atoms with van der Waals surface area (Å²) in [7, 11) is -6.92. The normalized spacial score (nSPS) is 23.5. The Morgan fingerprint density at radius 2 is 1.08 bits per heavy atom. The average molecular weight is 901 g/mol. The highest BCUT2D eigenvalue weighted by Gasteiger charge is 2.58. The van der Waals surface area contributed by atoms with Crippen molar-refractivity contribution in [1.29, 1.82) is 0 Å². The van der Waals surface area contributed by atoms with Gasteiger partial charge in [0.2, 0.25) is 37.9 Å². The molecule has 0 atom stereocenters. The minimum Gasteiger partial charge on any atom is -0.369 e. The number of nitrogens with zero attached hydrogens (tertiary/aromatic N) is 8. The summed E-state index contributed by atoms with van der Waals surface area (Å²) in [6.45, 7) is 5.30. The van der Waals surface area contributed by atoms with E-state index in [0.717, 1.165) is 90.0 Å². The van der Waals surface area contributed by atoms with E-state index in [0.29, 0.717) is 57.5 Å². The van der Waals surface area contributed by atoms with Crippen LogP contribution in [0.2, 0.25) is 0 Å². The molecular formula is C41H54F2N10O5S3. The third kappa shape index (κ3) is 9.15. The van der Waals surface area contributed by atoms with E-state index in [-0.39, 0.29) is 35.8 Å². The predicted molar refractivity (Wildman–Crippen MR) is 236 cm³/mol. The number of para-hydroxylation sites is 2. The first-order valence-corrected chi connectivity index (χ1v) is 26.3. The number of rotatable bonds is 8. The quantitative estimate of drug-likeness (QED) is 0.253. The van der Waals surface area contributed by atoms with Crippen molar-refractivity contribution in [2.45, 2.75) is 69.4 Å². The van der Waals surface area contributed by atoms with Gasteiger partial charge in [0.05, 0.1) is 34.9 Å². The number of anilines is 4. The molecule has 0 bridgehead atoms. The van der Waals surface area contributed by atoms with E-state index in [2.05, 4.69) is 36.5 Å². The van der Waals surface area contributed by atoms with Crippen LogP contribution in [0.5, 0.6) is 0 Å². The molecular weight excluding hydrogens is 847 g/mol. The molecule has 2 aromatic carbocycles. The summed E-state index contributed by atoms with van der Waals surface area (Å²) in [4.78, 5) is 23.1. The lowest BCUT2D eigenvalue weighted by Crippen LogP contribution is -2.47. The van der Waals surface area contributed by atoms with Crippen molar-refractivity contribution in [3.63, 3.8) is 0 Å². The minimum absolute atomic E-state index is 0.0186. The zero-order chi connectivity index (χ0) is 42.8. The maximum absolute atomic E-state index is 13.5. The fourth-order valence-corrected chi connectivity index (χ4v) is 13.8. The van der Waals surface area contributed by atoms with Crippen molar-refractivity contribution in [3.8, 4) is 0 Å². The zero-order valence-corrected chi connectivity index (χ0v) is 37.1. The van der Waals surface area contributed by atoms with Gasteiger partial charge >= 0.3 is 0 Å². The van der Waals surface area contributed by atoms with Crippen molar-refractivity contribution < 1.29 is 29.8 Å². The van der Waals surface area contributed by atoms with Crippen LogP contribution in [0, 0.1) is 10.8 Å². The van der Waals surface area contributed by atoms with E-state index in [4.69, 9.17) is 9.97 Å². The van der Waals surface area contributed by atoms with Gasteiger partial charge in [0, 0.05) is 134 Å². The number of nitrogens with one attached hydrogen (secondary N) is 2. The fraction of sp³-hybridized carbons (Fsp3) is 0.610. The molecule has 0 unspecified atom stereocenters. The van der Waals surface area contributed by atoms with Crippen LogP contribution in [0.3, 0.4) is 0 Å². The summed E-state index contributed by atoms with van der Waals surface area (Å²) in [5.74, 6) is 0.235. The maximum Gasteiger partial charge on any atom is 0.249 e. The molecule has 4 aromatic rings. The Bertz CT molecular complexity index is 2540. The Labute approximate surface area is 358 Å². The van der Waals surface area contributed by atoms with Gasteiger partial charge in [-0.2, -0.15) is 0 Å². The van der Waals surface area contributed by atoms with Gasteiger partial charge in [0.15, 0.2) is 0 Å². The summed E-state index contributed by atoms with van der Waals surface area (Å²) in [5.41, 5.74) is 3.77. The van der Waals surface area contributed by atoms with Crippen LogP contribution >= 0.6 is 0 Å². The van der Waals surface area contributed by atoms with Gasteiger partial charge in [-0.3, -0.25) is 4.21 Å². The summed E-state index contributed by atoms with van der Waals surface area (Å²) >= 11 is 0. The number of piperidine rings is 2. The first-order valence-electron chi connectivity index (χ1n) is 21.1. The van der Waals surface area contributed by atoms with Gasteiger partial charge in [0.1, 0.15) is 0 Å². The molecule has 2 spiro atoms.